The fourth-order valence-electron chi connectivity index (χ4n) is 3.27. The van der Waals surface area contributed by atoms with Gasteiger partial charge in [0, 0.05) is 5.56 Å². The number of nitrogens with one attached hydrogen (secondary N) is 1. The van der Waals surface area contributed by atoms with Gasteiger partial charge in [0.15, 0.2) is 0 Å². The van der Waals surface area contributed by atoms with E-state index in [0.29, 0.717) is 5.92 Å². The summed E-state index contributed by atoms with van der Waals surface area (Å²) >= 11 is 0. The summed E-state index contributed by atoms with van der Waals surface area (Å²) in [5.41, 5.74) is 3.30. The van der Waals surface area contributed by atoms with Gasteiger partial charge in [-0.05, 0) is 37.3 Å². The maximum atomic E-state index is 12.0. The lowest BCUT2D eigenvalue weighted by molar-refractivity contribution is 0.0940. The molecule has 1 amide bonds. The minimum atomic E-state index is 0.124. The summed E-state index contributed by atoms with van der Waals surface area (Å²) in [5, 5.41) is 3.18. The van der Waals surface area contributed by atoms with Crippen molar-refractivity contribution in [2.75, 3.05) is 0 Å². The van der Waals surface area contributed by atoms with Crippen LogP contribution in [0.3, 0.4) is 0 Å². The van der Waals surface area contributed by atoms with Gasteiger partial charge >= 0.3 is 0 Å². The van der Waals surface area contributed by atoms with Crippen molar-refractivity contribution in [2.45, 2.75) is 45.1 Å². The fraction of sp³-hybridized carbons (Fsp3) is 0.533. The van der Waals surface area contributed by atoms with Crippen molar-refractivity contribution in [1.82, 2.24) is 5.32 Å². The van der Waals surface area contributed by atoms with Gasteiger partial charge < -0.3 is 5.32 Å². The molecule has 0 aromatic heterocycles. The first kappa shape index (κ1) is 10.8. The van der Waals surface area contributed by atoms with Crippen molar-refractivity contribution in [2.24, 2.45) is 5.92 Å². The number of rotatable bonds is 1. The van der Waals surface area contributed by atoms with Gasteiger partial charge in [-0.3, -0.25) is 4.79 Å². The number of amides is 1. The number of fused-ring (bicyclic) bond motifs is 1. The molecule has 3 rings (SSSR count). The van der Waals surface area contributed by atoms with Crippen molar-refractivity contribution in [3.8, 4) is 0 Å². The maximum absolute atomic E-state index is 12.0. The third-order valence-electron chi connectivity index (χ3n) is 4.20. The molecular formula is C15H19NO. The highest BCUT2D eigenvalue weighted by molar-refractivity contribution is 5.99. The number of carbonyl (C=O) groups excluding carboxylic acids is 1. The average Bonchev–Trinajstić information content (AvgIpc) is 2.68. The molecule has 2 heteroatoms. The van der Waals surface area contributed by atoms with E-state index in [1.165, 1.54) is 43.2 Å². The van der Waals surface area contributed by atoms with Crippen LogP contribution >= 0.6 is 0 Å². The minimum absolute atomic E-state index is 0.124. The first-order valence-electron chi connectivity index (χ1n) is 6.67. The molecule has 0 spiro atoms. The molecule has 1 aliphatic heterocycles. The second kappa shape index (κ2) is 4.17. The number of hydrogen-bond donors (Lipinski definition) is 1. The minimum Gasteiger partial charge on any atom is -0.345 e. The van der Waals surface area contributed by atoms with Crippen LogP contribution in [-0.2, 0) is 0 Å². The zero-order chi connectivity index (χ0) is 11.8. The van der Waals surface area contributed by atoms with E-state index < -0.39 is 0 Å². The molecule has 0 saturated heterocycles. The normalized spacial score (nSPS) is 24.5. The molecule has 2 nitrogen and oxygen atoms in total. The third kappa shape index (κ3) is 1.86. The van der Waals surface area contributed by atoms with E-state index >= 15 is 0 Å². The van der Waals surface area contributed by atoms with Crippen LogP contribution in [0.5, 0.6) is 0 Å². The predicted molar refractivity (Wildman–Crippen MR) is 68.0 cm³/mol. The lowest BCUT2D eigenvalue weighted by Gasteiger charge is -2.27. The summed E-state index contributed by atoms with van der Waals surface area (Å²) in [5.74, 6) is 0.774. The van der Waals surface area contributed by atoms with Gasteiger partial charge in [0.25, 0.3) is 5.91 Å². The summed E-state index contributed by atoms with van der Waals surface area (Å²) in [7, 11) is 0. The van der Waals surface area contributed by atoms with Gasteiger partial charge in [0.05, 0.1) is 6.04 Å². The largest absolute Gasteiger partial charge is 0.345 e. The summed E-state index contributed by atoms with van der Waals surface area (Å²) in [4.78, 5) is 12.0. The van der Waals surface area contributed by atoms with Gasteiger partial charge in [0.1, 0.15) is 0 Å². The lowest BCUT2D eigenvalue weighted by atomic mass is 9.81. The quantitative estimate of drug-likeness (QED) is 0.786. The second-order valence-corrected chi connectivity index (χ2v) is 5.44. The molecule has 1 atom stereocenters. The lowest BCUT2D eigenvalue weighted by Crippen LogP contribution is -2.27. The molecule has 1 N–H and O–H groups in total. The van der Waals surface area contributed by atoms with Crippen LogP contribution < -0.4 is 5.32 Å². The summed E-state index contributed by atoms with van der Waals surface area (Å²) in [6, 6.07) is 6.56. The maximum Gasteiger partial charge on any atom is 0.252 e. The standard InChI is InChI=1S/C15H19NO/c1-10-7-8-12-13(9-10)15(17)16-14(12)11-5-3-2-4-6-11/h7-9,11,14H,2-6H2,1H3,(H,16,17). The Kier molecular flexibility index (Phi) is 2.65. The van der Waals surface area contributed by atoms with Crippen molar-refractivity contribution in [3.05, 3.63) is 34.9 Å². The number of aryl methyl sites for hydroxylation is 1. The SMILES string of the molecule is Cc1ccc2c(c1)C(=O)NC2C1CCCCC1. The van der Waals surface area contributed by atoms with E-state index in [4.69, 9.17) is 0 Å². The Morgan fingerprint density at radius 2 is 1.94 bits per heavy atom. The van der Waals surface area contributed by atoms with Gasteiger partial charge in [-0.15, -0.1) is 0 Å². The molecule has 0 radical (unpaired) electrons. The van der Waals surface area contributed by atoms with Gasteiger partial charge in [0.2, 0.25) is 0 Å². The van der Waals surface area contributed by atoms with Gasteiger partial charge in [-0.2, -0.15) is 0 Å². The zero-order valence-electron chi connectivity index (χ0n) is 10.3. The molecule has 17 heavy (non-hydrogen) atoms. The van der Waals surface area contributed by atoms with E-state index in [1.54, 1.807) is 0 Å². The average molecular weight is 229 g/mol. The Labute approximate surface area is 102 Å². The Hall–Kier alpha value is -1.31. The van der Waals surface area contributed by atoms with Gasteiger partial charge in [-0.1, -0.05) is 37.0 Å². The summed E-state index contributed by atoms with van der Waals surface area (Å²) in [6.07, 6.45) is 6.52. The summed E-state index contributed by atoms with van der Waals surface area (Å²) < 4.78 is 0. The Bertz CT molecular complexity index is 446. The first-order valence-corrected chi connectivity index (χ1v) is 6.67. The number of benzene rings is 1. The fourth-order valence-corrected chi connectivity index (χ4v) is 3.27. The third-order valence-corrected chi connectivity index (χ3v) is 4.20. The van der Waals surface area contributed by atoms with E-state index in [-0.39, 0.29) is 11.9 Å². The molecule has 0 bridgehead atoms. The van der Waals surface area contributed by atoms with Crippen LogP contribution in [-0.4, -0.2) is 5.91 Å². The molecule has 1 heterocycles. The van der Waals surface area contributed by atoms with E-state index in [1.807, 2.05) is 13.0 Å². The highest BCUT2D eigenvalue weighted by Gasteiger charge is 2.34. The van der Waals surface area contributed by atoms with Crippen molar-refractivity contribution in [3.63, 3.8) is 0 Å². The van der Waals surface area contributed by atoms with Crippen LogP contribution in [0.1, 0.15) is 59.6 Å². The smallest absolute Gasteiger partial charge is 0.252 e. The molecule has 1 aromatic carbocycles. The Balaban J connectivity index is 1.92. The van der Waals surface area contributed by atoms with Crippen LogP contribution in [0, 0.1) is 12.8 Å². The van der Waals surface area contributed by atoms with E-state index in [0.717, 1.165) is 5.56 Å². The van der Waals surface area contributed by atoms with Crippen molar-refractivity contribution in [1.29, 1.82) is 0 Å². The topological polar surface area (TPSA) is 29.1 Å². The van der Waals surface area contributed by atoms with Crippen LogP contribution in [0.25, 0.3) is 0 Å². The van der Waals surface area contributed by atoms with Gasteiger partial charge in [-0.25, -0.2) is 0 Å². The number of carbonyl (C=O) groups is 1. The molecule has 1 aliphatic carbocycles. The van der Waals surface area contributed by atoms with Crippen LogP contribution in [0.15, 0.2) is 18.2 Å². The molecule has 1 fully saturated rings. The van der Waals surface area contributed by atoms with E-state index in [9.17, 15) is 4.79 Å². The second-order valence-electron chi connectivity index (χ2n) is 5.44. The zero-order valence-corrected chi connectivity index (χ0v) is 10.3. The van der Waals surface area contributed by atoms with Crippen LogP contribution in [0.4, 0.5) is 0 Å². The first-order chi connectivity index (χ1) is 8.25. The molecule has 2 aliphatic rings. The predicted octanol–water partition coefficient (Wildman–Crippen LogP) is 3.36. The molecular weight excluding hydrogens is 210 g/mol. The highest BCUT2D eigenvalue weighted by Crippen LogP contribution is 2.38. The highest BCUT2D eigenvalue weighted by atomic mass is 16.2. The summed E-state index contributed by atoms with van der Waals surface area (Å²) in [6.45, 7) is 2.04. The molecule has 1 unspecified atom stereocenters. The Morgan fingerprint density at radius 1 is 1.18 bits per heavy atom. The molecule has 1 aromatic rings. The molecule has 1 saturated carbocycles. The monoisotopic (exact) mass is 229 g/mol. The van der Waals surface area contributed by atoms with Crippen LogP contribution in [0.2, 0.25) is 0 Å². The van der Waals surface area contributed by atoms with Crippen molar-refractivity contribution >= 4 is 5.91 Å². The van der Waals surface area contributed by atoms with E-state index in [2.05, 4.69) is 17.4 Å². The van der Waals surface area contributed by atoms with Crippen molar-refractivity contribution < 1.29 is 4.79 Å². The Morgan fingerprint density at radius 3 is 2.71 bits per heavy atom. The number of hydrogen-bond acceptors (Lipinski definition) is 1. The molecule has 90 valence electrons.